The van der Waals surface area contributed by atoms with Crippen LogP contribution >= 0.6 is 11.6 Å². The zero-order valence-corrected chi connectivity index (χ0v) is 10.1. The van der Waals surface area contributed by atoms with E-state index in [2.05, 4.69) is 4.74 Å². The SMILES string of the molecule is COC(=O)CC1COC(c2ccccc2Cl)O1. The summed E-state index contributed by atoms with van der Waals surface area (Å²) < 4.78 is 15.6. The molecule has 5 heteroatoms. The molecule has 0 spiro atoms. The molecule has 1 aromatic rings. The molecule has 1 heterocycles. The molecule has 0 saturated carbocycles. The van der Waals surface area contributed by atoms with E-state index in [0.29, 0.717) is 11.6 Å². The minimum atomic E-state index is -0.502. The molecule has 0 amide bonds. The minimum Gasteiger partial charge on any atom is -0.469 e. The number of hydrogen-bond donors (Lipinski definition) is 0. The van der Waals surface area contributed by atoms with Crippen molar-refractivity contribution in [2.45, 2.75) is 18.8 Å². The highest BCUT2D eigenvalue weighted by atomic mass is 35.5. The minimum absolute atomic E-state index is 0.192. The van der Waals surface area contributed by atoms with Crippen LogP contribution in [0.3, 0.4) is 0 Å². The quantitative estimate of drug-likeness (QED) is 0.779. The first-order valence-corrected chi connectivity index (χ1v) is 5.67. The fraction of sp³-hybridized carbons (Fsp3) is 0.417. The molecule has 2 atom stereocenters. The van der Waals surface area contributed by atoms with Crippen molar-refractivity contribution < 1.29 is 19.0 Å². The topological polar surface area (TPSA) is 44.8 Å². The van der Waals surface area contributed by atoms with Gasteiger partial charge in [0.15, 0.2) is 6.29 Å². The van der Waals surface area contributed by atoms with E-state index in [-0.39, 0.29) is 18.5 Å². The van der Waals surface area contributed by atoms with Crippen LogP contribution in [0.1, 0.15) is 18.3 Å². The molecule has 0 bridgehead atoms. The van der Waals surface area contributed by atoms with Gasteiger partial charge >= 0.3 is 5.97 Å². The molecule has 92 valence electrons. The summed E-state index contributed by atoms with van der Waals surface area (Å²) in [6.45, 7) is 0.366. The lowest BCUT2D eigenvalue weighted by molar-refractivity contribution is -0.143. The number of rotatable bonds is 3. The van der Waals surface area contributed by atoms with Crippen molar-refractivity contribution in [3.8, 4) is 0 Å². The molecule has 2 unspecified atom stereocenters. The lowest BCUT2D eigenvalue weighted by atomic mass is 10.2. The Hall–Kier alpha value is -1.10. The van der Waals surface area contributed by atoms with Crippen LogP contribution in [-0.4, -0.2) is 25.8 Å². The van der Waals surface area contributed by atoms with Gasteiger partial charge in [0.2, 0.25) is 0 Å². The predicted molar refractivity (Wildman–Crippen MR) is 61.7 cm³/mol. The number of benzene rings is 1. The maximum Gasteiger partial charge on any atom is 0.308 e. The summed E-state index contributed by atoms with van der Waals surface area (Å²) in [5.41, 5.74) is 0.779. The fourth-order valence-corrected chi connectivity index (χ4v) is 1.88. The highest BCUT2D eigenvalue weighted by molar-refractivity contribution is 6.31. The number of hydrogen-bond acceptors (Lipinski definition) is 4. The standard InChI is InChI=1S/C12H13ClO4/c1-15-11(14)6-8-7-16-12(17-8)9-4-2-3-5-10(9)13/h2-5,8,12H,6-7H2,1H3. The first kappa shape index (κ1) is 12.4. The molecule has 0 radical (unpaired) electrons. The van der Waals surface area contributed by atoms with Crippen molar-refractivity contribution in [1.29, 1.82) is 0 Å². The summed E-state index contributed by atoms with van der Waals surface area (Å²) in [7, 11) is 1.35. The van der Waals surface area contributed by atoms with Crippen LogP contribution in [0.15, 0.2) is 24.3 Å². The third-order valence-electron chi connectivity index (χ3n) is 2.53. The average Bonchev–Trinajstić information content (AvgIpc) is 2.78. The third-order valence-corrected chi connectivity index (χ3v) is 2.87. The van der Waals surface area contributed by atoms with Gasteiger partial charge in [0.05, 0.1) is 26.2 Å². The van der Waals surface area contributed by atoms with Crippen LogP contribution in [0.5, 0.6) is 0 Å². The summed E-state index contributed by atoms with van der Waals surface area (Å²) in [4.78, 5) is 11.1. The predicted octanol–water partition coefficient (Wildman–Crippen LogP) is 2.32. The van der Waals surface area contributed by atoms with E-state index in [1.54, 1.807) is 6.07 Å². The van der Waals surface area contributed by atoms with E-state index >= 15 is 0 Å². The highest BCUT2D eigenvalue weighted by Crippen LogP contribution is 2.32. The van der Waals surface area contributed by atoms with E-state index in [9.17, 15) is 4.79 Å². The van der Waals surface area contributed by atoms with Crippen molar-refractivity contribution in [3.05, 3.63) is 34.9 Å². The Morgan fingerprint density at radius 2 is 2.29 bits per heavy atom. The number of methoxy groups -OCH3 is 1. The molecule has 1 aromatic carbocycles. The van der Waals surface area contributed by atoms with E-state index < -0.39 is 6.29 Å². The van der Waals surface area contributed by atoms with E-state index in [1.807, 2.05) is 18.2 Å². The van der Waals surface area contributed by atoms with Gasteiger partial charge < -0.3 is 14.2 Å². The van der Waals surface area contributed by atoms with Crippen LogP contribution in [0.2, 0.25) is 5.02 Å². The molecule has 1 saturated heterocycles. The number of esters is 1. The van der Waals surface area contributed by atoms with Crippen LogP contribution < -0.4 is 0 Å². The Labute approximate surface area is 104 Å². The molecular weight excluding hydrogens is 244 g/mol. The van der Waals surface area contributed by atoms with Crippen LogP contribution in [-0.2, 0) is 19.0 Å². The van der Waals surface area contributed by atoms with Crippen molar-refractivity contribution >= 4 is 17.6 Å². The second-order valence-electron chi connectivity index (χ2n) is 3.73. The van der Waals surface area contributed by atoms with Gasteiger partial charge in [-0.25, -0.2) is 0 Å². The van der Waals surface area contributed by atoms with Gasteiger partial charge in [-0.05, 0) is 6.07 Å². The first-order chi connectivity index (χ1) is 8.20. The zero-order valence-electron chi connectivity index (χ0n) is 9.39. The highest BCUT2D eigenvalue weighted by Gasteiger charge is 2.30. The Balaban J connectivity index is 1.98. The smallest absolute Gasteiger partial charge is 0.308 e. The molecule has 17 heavy (non-hydrogen) atoms. The van der Waals surface area contributed by atoms with Crippen molar-refractivity contribution in [2.75, 3.05) is 13.7 Å². The largest absolute Gasteiger partial charge is 0.469 e. The maximum absolute atomic E-state index is 11.1. The van der Waals surface area contributed by atoms with E-state index in [4.69, 9.17) is 21.1 Å². The normalized spacial score (nSPS) is 23.6. The molecule has 1 fully saturated rings. The van der Waals surface area contributed by atoms with Gasteiger partial charge in [0, 0.05) is 10.6 Å². The van der Waals surface area contributed by atoms with Gasteiger partial charge in [0.1, 0.15) is 0 Å². The maximum atomic E-state index is 11.1. The molecule has 1 aliphatic rings. The molecule has 0 N–H and O–H groups in total. The van der Waals surface area contributed by atoms with Crippen molar-refractivity contribution in [2.24, 2.45) is 0 Å². The molecule has 0 aromatic heterocycles. The van der Waals surface area contributed by atoms with Crippen LogP contribution in [0.25, 0.3) is 0 Å². The Bertz CT molecular complexity index is 407. The summed E-state index contributed by atoms with van der Waals surface area (Å²) in [6, 6.07) is 7.32. The van der Waals surface area contributed by atoms with E-state index in [0.717, 1.165) is 5.56 Å². The number of carbonyl (C=O) groups is 1. The zero-order chi connectivity index (χ0) is 12.3. The molecule has 0 aliphatic carbocycles. The van der Waals surface area contributed by atoms with Crippen molar-refractivity contribution in [3.63, 3.8) is 0 Å². The second-order valence-corrected chi connectivity index (χ2v) is 4.13. The van der Waals surface area contributed by atoms with Crippen LogP contribution in [0, 0.1) is 0 Å². The average molecular weight is 257 g/mol. The Kier molecular flexibility index (Phi) is 3.99. The first-order valence-electron chi connectivity index (χ1n) is 5.29. The summed E-state index contributed by atoms with van der Waals surface area (Å²) in [6.07, 6.45) is -0.584. The second kappa shape index (κ2) is 5.49. The van der Waals surface area contributed by atoms with Gasteiger partial charge in [-0.2, -0.15) is 0 Å². The van der Waals surface area contributed by atoms with Gasteiger partial charge in [-0.15, -0.1) is 0 Å². The lowest BCUT2D eigenvalue weighted by Gasteiger charge is -2.12. The monoisotopic (exact) mass is 256 g/mol. The number of carbonyl (C=O) groups excluding carboxylic acids is 1. The summed E-state index contributed by atoms with van der Waals surface area (Å²) >= 11 is 6.03. The van der Waals surface area contributed by atoms with Gasteiger partial charge in [-0.1, -0.05) is 29.8 Å². The van der Waals surface area contributed by atoms with E-state index in [1.165, 1.54) is 7.11 Å². The summed E-state index contributed by atoms with van der Waals surface area (Å²) in [5, 5.41) is 0.594. The number of halogens is 1. The van der Waals surface area contributed by atoms with Crippen LogP contribution in [0.4, 0.5) is 0 Å². The molecular formula is C12H13ClO4. The van der Waals surface area contributed by atoms with Gasteiger partial charge in [0.25, 0.3) is 0 Å². The molecule has 1 aliphatic heterocycles. The third kappa shape index (κ3) is 2.97. The lowest BCUT2D eigenvalue weighted by Crippen LogP contribution is -2.16. The van der Waals surface area contributed by atoms with Crippen molar-refractivity contribution in [1.82, 2.24) is 0 Å². The Morgan fingerprint density at radius 1 is 1.53 bits per heavy atom. The van der Waals surface area contributed by atoms with Gasteiger partial charge in [-0.3, -0.25) is 4.79 Å². The molecule has 2 rings (SSSR count). The number of ether oxygens (including phenoxy) is 3. The fourth-order valence-electron chi connectivity index (χ4n) is 1.65. The summed E-state index contributed by atoms with van der Waals surface area (Å²) in [5.74, 6) is -0.307. The molecule has 4 nitrogen and oxygen atoms in total. The Morgan fingerprint density at radius 3 is 3.00 bits per heavy atom.